The Morgan fingerprint density at radius 1 is 0.648 bits per heavy atom. The van der Waals surface area contributed by atoms with E-state index in [-0.39, 0.29) is 116 Å². The molecule has 0 aliphatic carbocycles. The maximum absolute atomic E-state index is 13.8. The average molecular weight is 1030 g/mol. The van der Waals surface area contributed by atoms with Crippen LogP contribution in [0, 0.1) is 45.5 Å². The first-order valence-corrected chi connectivity index (χ1v) is 19.4. The van der Waals surface area contributed by atoms with Crippen LogP contribution in [0.4, 0.5) is 13.2 Å². The van der Waals surface area contributed by atoms with Crippen molar-refractivity contribution < 1.29 is 72.4 Å². The van der Waals surface area contributed by atoms with E-state index < -0.39 is 5.97 Å². The number of nitrogens with two attached hydrogens (primary N) is 1. The Balaban J connectivity index is 0.000000962. The number of hydrogen-bond donors (Lipinski definition) is 5. The Morgan fingerprint density at radius 3 is 1.21 bits per heavy atom. The molecule has 0 aliphatic rings. The van der Waals surface area contributed by atoms with Gasteiger partial charge < -0.3 is 36.8 Å². The first-order chi connectivity index (χ1) is 32.4. The average Bonchev–Trinajstić information content (AvgIpc) is 4.18. The van der Waals surface area contributed by atoms with Crippen molar-refractivity contribution in [2.45, 2.75) is 26.6 Å². The molecular weight excluding hydrogens is 983 g/mol. The second-order valence-corrected chi connectivity index (χ2v) is 13.2. The van der Waals surface area contributed by atoms with Gasteiger partial charge in [-0.05, 0) is 18.2 Å². The largest absolute Gasteiger partial charge is 1.00 e. The smallest absolute Gasteiger partial charge is 1.00 e. The summed E-state index contributed by atoms with van der Waals surface area (Å²) in [6.07, 6.45) is 8.81. The van der Waals surface area contributed by atoms with Crippen LogP contribution in [0.25, 0.3) is 34.8 Å². The number of halogens is 5. The van der Waals surface area contributed by atoms with Crippen LogP contribution < -0.4 is 41.4 Å². The van der Waals surface area contributed by atoms with Crippen molar-refractivity contribution in [1.82, 2.24) is 50.4 Å². The van der Waals surface area contributed by atoms with Crippen LogP contribution in [0.15, 0.2) is 142 Å². The molecule has 0 radical (unpaired) electrons. The summed E-state index contributed by atoms with van der Waals surface area (Å²) in [6, 6.07) is 27.9. The minimum atomic E-state index is -0.833. The van der Waals surface area contributed by atoms with Crippen molar-refractivity contribution in [3.05, 3.63) is 180 Å². The number of aromatic nitrogens is 9. The molecule has 71 heavy (non-hydrogen) atoms. The Labute approximate surface area is 438 Å². The SMILES string of the molecule is CC(=O)O.CO.Cl.Cl.N.N#Cc1cc(-c2ncco2)n(Cc2ccccc2F)n1.N#Cc1cc(-c2ncco2)n(Cc2ccccc2F)n1.N=C(N)c1cc(-c2ncco2)n(Cc2ccccc2F)n1.[H-].[Na+]. The van der Waals surface area contributed by atoms with E-state index in [1.54, 1.807) is 72.8 Å². The summed E-state index contributed by atoms with van der Waals surface area (Å²) in [6.45, 7) is 1.68. The summed E-state index contributed by atoms with van der Waals surface area (Å²) in [7, 11) is 1.00. The number of hydrogen-bond acceptors (Lipinski definition) is 15. The van der Waals surface area contributed by atoms with E-state index in [0.29, 0.717) is 57.1 Å². The number of aliphatic hydroxyl groups excluding tert-OH is 1. The molecule has 0 saturated heterocycles. The third-order valence-electron chi connectivity index (χ3n) is 8.63. The van der Waals surface area contributed by atoms with Gasteiger partial charge in [0.15, 0.2) is 11.4 Å². The van der Waals surface area contributed by atoms with Crippen molar-refractivity contribution in [2.75, 3.05) is 7.11 Å². The van der Waals surface area contributed by atoms with Crippen molar-refractivity contribution in [3.8, 4) is 46.9 Å². The number of carboxylic acid groups (broad SMARTS) is 1. The summed E-state index contributed by atoms with van der Waals surface area (Å²) in [4.78, 5) is 21.1. The maximum Gasteiger partial charge on any atom is 1.00 e. The summed E-state index contributed by atoms with van der Waals surface area (Å²) in [5.41, 5.74) is 9.25. The number of carbonyl (C=O) groups is 1. The Kier molecular flexibility index (Phi) is 26.3. The standard InChI is InChI=1S/C14H12FN5O.2C14H9FN4O.C2H4O2.CH4O.2ClH.H3N.Na.H/c15-10-4-2-1-3-9(10)8-20-12(14-18-5-6-21-14)7-11(19-20)13(16)17;2*15-12-4-2-1-3-10(12)9-19-13(7-11(8-16)18-19)14-17-5-6-20-14;1-2(3)4;1-2;;;;;/h1-7H,8H2,(H3,16,17);2*1-7H,9H2;1H3,(H,3,4);2H,1H3;2*1H;1H3;;/q;;;;;;;;+1;-1. The zero-order chi connectivity index (χ0) is 48.3. The Morgan fingerprint density at radius 2 is 0.944 bits per heavy atom. The number of aliphatic hydroxyl groups is 1. The maximum atomic E-state index is 13.8. The molecule has 9 aromatic rings. The molecule has 0 spiro atoms. The van der Waals surface area contributed by atoms with E-state index in [0.717, 1.165) is 14.0 Å². The van der Waals surface area contributed by atoms with E-state index in [1.807, 2.05) is 12.1 Å². The molecule has 366 valence electrons. The van der Waals surface area contributed by atoms with Crippen LogP contribution in [-0.2, 0) is 24.4 Å². The van der Waals surface area contributed by atoms with Crippen molar-refractivity contribution in [2.24, 2.45) is 5.73 Å². The minimum Gasteiger partial charge on any atom is -1.00 e. The van der Waals surface area contributed by atoms with E-state index in [1.165, 1.54) is 69.6 Å². The number of benzene rings is 3. The number of nitriles is 2. The van der Waals surface area contributed by atoms with Gasteiger partial charge in [0.1, 0.15) is 77.0 Å². The summed E-state index contributed by atoms with van der Waals surface area (Å²) < 4.78 is 61.3. The van der Waals surface area contributed by atoms with Crippen LogP contribution in [-0.4, -0.2) is 73.4 Å². The molecule has 0 fully saturated rings. The second kappa shape index (κ2) is 30.6. The number of amidine groups is 1. The molecule has 0 unspecified atom stereocenters. The molecule has 0 bridgehead atoms. The van der Waals surface area contributed by atoms with Crippen LogP contribution in [0.5, 0.6) is 0 Å². The predicted octanol–water partition coefficient (Wildman–Crippen LogP) is 5.03. The predicted molar refractivity (Wildman–Crippen MR) is 252 cm³/mol. The number of nitrogens with zero attached hydrogens (tertiary/aromatic N) is 11. The third kappa shape index (κ3) is 17.2. The molecule has 6 heterocycles. The molecule has 9 rings (SSSR count). The second-order valence-electron chi connectivity index (χ2n) is 13.2. The number of nitrogen functional groups attached to an aromatic ring is 1. The topological polar surface area (TPSA) is 322 Å². The summed E-state index contributed by atoms with van der Waals surface area (Å²) in [5, 5.41) is 52.2. The molecule has 26 heteroatoms. The van der Waals surface area contributed by atoms with Gasteiger partial charge in [0, 0.05) is 48.9 Å². The van der Waals surface area contributed by atoms with Gasteiger partial charge >= 0.3 is 29.6 Å². The van der Waals surface area contributed by atoms with Gasteiger partial charge in [-0.3, -0.25) is 24.2 Å². The number of carboxylic acids is 1. The van der Waals surface area contributed by atoms with Gasteiger partial charge in [-0.15, -0.1) is 24.8 Å². The fourth-order valence-corrected chi connectivity index (χ4v) is 5.78. The van der Waals surface area contributed by atoms with Gasteiger partial charge in [-0.25, -0.2) is 28.1 Å². The Hall–Kier alpha value is -7.87. The molecule has 8 N–H and O–H groups in total. The van der Waals surface area contributed by atoms with Crippen molar-refractivity contribution in [3.63, 3.8) is 0 Å². The van der Waals surface area contributed by atoms with Gasteiger partial charge in [0.05, 0.1) is 38.2 Å². The molecule has 3 aromatic carbocycles. The molecule has 0 amide bonds. The number of nitrogens with one attached hydrogen (secondary N) is 1. The van der Waals surface area contributed by atoms with Crippen LogP contribution in [0.1, 0.15) is 42.1 Å². The van der Waals surface area contributed by atoms with E-state index in [9.17, 15) is 13.2 Å². The summed E-state index contributed by atoms with van der Waals surface area (Å²) in [5.74, 6) is -0.942. The fraction of sp³-hybridized carbons (Fsp3) is 0.111. The number of rotatable bonds is 10. The molecular formula is C45H44Cl2F3N14NaO6. The van der Waals surface area contributed by atoms with E-state index in [4.69, 9.17) is 49.9 Å². The van der Waals surface area contributed by atoms with E-state index in [2.05, 4.69) is 30.2 Å². The monoisotopic (exact) mass is 1030 g/mol. The molecule has 6 aromatic heterocycles. The first kappa shape index (κ1) is 61.1. The van der Waals surface area contributed by atoms with Crippen molar-refractivity contribution in [1.29, 1.82) is 15.9 Å². The zero-order valence-electron chi connectivity index (χ0n) is 38.9. The molecule has 0 atom stereocenters. The van der Waals surface area contributed by atoms with Gasteiger partial charge in [0.25, 0.3) is 5.97 Å². The van der Waals surface area contributed by atoms with Gasteiger partial charge in [-0.1, -0.05) is 54.6 Å². The van der Waals surface area contributed by atoms with Crippen LogP contribution in [0.3, 0.4) is 0 Å². The number of oxazole rings is 3. The van der Waals surface area contributed by atoms with Gasteiger partial charge in [-0.2, -0.15) is 25.8 Å². The fourth-order valence-electron chi connectivity index (χ4n) is 5.78. The molecule has 0 saturated carbocycles. The summed E-state index contributed by atoms with van der Waals surface area (Å²) >= 11 is 0. The van der Waals surface area contributed by atoms with Crippen LogP contribution >= 0.6 is 24.8 Å². The first-order valence-electron chi connectivity index (χ1n) is 19.4. The molecule has 20 nitrogen and oxygen atoms in total. The zero-order valence-corrected chi connectivity index (χ0v) is 41.6. The van der Waals surface area contributed by atoms with E-state index >= 15 is 0 Å². The van der Waals surface area contributed by atoms with Gasteiger partial charge in [0.2, 0.25) is 17.7 Å². The Bertz CT molecular complexity index is 2970. The molecule has 0 aliphatic heterocycles. The normalized spacial score (nSPS) is 9.46. The quantitative estimate of drug-likeness (QED) is 0.0682. The third-order valence-corrected chi connectivity index (χ3v) is 8.63. The number of aliphatic carboxylic acids is 1. The van der Waals surface area contributed by atoms with Crippen molar-refractivity contribution >= 4 is 36.6 Å². The van der Waals surface area contributed by atoms with Crippen LogP contribution in [0.2, 0.25) is 0 Å². The minimum absolute atomic E-state index is 0.